The summed E-state index contributed by atoms with van der Waals surface area (Å²) in [6.45, 7) is 5.98. The summed E-state index contributed by atoms with van der Waals surface area (Å²) in [5, 5.41) is 20.0. The van der Waals surface area contributed by atoms with Gasteiger partial charge in [-0.2, -0.15) is 14.3 Å². The molecule has 0 saturated heterocycles. The summed E-state index contributed by atoms with van der Waals surface area (Å²) in [6, 6.07) is 9.30. The van der Waals surface area contributed by atoms with E-state index in [0.29, 0.717) is 41.8 Å². The van der Waals surface area contributed by atoms with E-state index in [1.54, 1.807) is 34.5 Å². The molecule has 0 bridgehead atoms. The molecule has 0 spiro atoms. The first-order valence-corrected chi connectivity index (χ1v) is 10.1. The maximum Gasteiger partial charge on any atom is 0.226 e. The Hall–Kier alpha value is -4.21. The zero-order valence-corrected chi connectivity index (χ0v) is 17.6. The van der Waals surface area contributed by atoms with Crippen LogP contribution in [0.1, 0.15) is 29.2 Å². The van der Waals surface area contributed by atoms with Crippen LogP contribution in [0.5, 0.6) is 11.5 Å². The molecule has 32 heavy (non-hydrogen) atoms. The molecule has 1 amide bonds. The van der Waals surface area contributed by atoms with Gasteiger partial charge in [0, 0.05) is 17.9 Å². The number of hydrogen-bond acceptors (Lipinski definition) is 7. The van der Waals surface area contributed by atoms with E-state index in [1.807, 2.05) is 25.1 Å². The second-order valence-corrected chi connectivity index (χ2v) is 7.40. The third-order valence-electron chi connectivity index (χ3n) is 5.41. The van der Waals surface area contributed by atoms with Crippen LogP contribution in [0.4, 0.5) is 5.82 Å². The molecule has 162 valence electrons. The molecule has 3 aromatic heterocycles. The van der Waals surface area contributed by atoms with E-state index < -0.39 is 0 Å². The Kier molecular flexibility index (Phi) is 4.81. The molecule has 1 aromatic carbocycles. The minimum atomic E-state index is -0.187. The molecule has 0 unspecified atom stereocenters. The topological polar surface area (TPSA) is 108 Å². The summed E-state index contributed by atoms with van der Waals surface area (Å²) in [4.78, 5) is 12.7. The van der Waals surface area contributed by atoms with Crippen LogP contribution in [-0.2, 0) is 4.79 Å². The lowest BCUT2D eigenvalue weighted by Gasteiger charge is -2.25. The summed E-state index contributed by atoms with van der Waals surface area (Å²) in [7, 11) is 1.59. The molecule has 1 N–H and O–H groups in total. The van der Waals surface area contributed by atoms with Crippen molar-refractivity contribution in [3.8, 4) is 17.3 Å². The molecule has 0 fully saturated rings. The predicted octanol–water partition coefficient (Wildman–Crippen LogP) is 2.67. The molecule has 0 radical (unpaired) electrons. The van der Waals surface area contributed by atoms with Crippen LogP contribution < -0.4 is 14.8 Å². The number of carbonyl (C=O) groups is 1. The van der Waals surface area contributed by atoms with Crippen molar-refractivity contribution in [2.75, 3.05) is 19.0 Å². The van der Waals surface area contributed by atoms with Gasteiger partial charge in [-0.15, -0.1) is 15.3 Å². The molecule has 1 atom stereocenters. The van der Waals surface area contributed by atoms with Crippen molar-refractivity contribution >= 4 is 17.4 Å². The summed E-state index contributed by atoms with van der Waals surface area (Å²) in [5.41, 5.74) is 3.31. The Bertz CT molecular complexity index is 1340. The van der Waals surface area contributed by atoms with Crippen LogP contribution in [0.15, 0.2) is 49.3 Å². The Balaban J connectivity index is 1.59. The van der Waals surface area contributed by atoms with Crippen molar-refractivity contribution in [3.63, 3.8) is 0 Å². The summed E-state index contributed by atoms with van der Waals surface area (Å²) in [6.07, 6.45) is 3.49. The number of fused-ring (bicyclic) bond motifs is 2. The second kappa shape index (κ2) is 7.80. The van der Waals surface area contributed by atoms with Crippen molar-refractivity contribution in [3.05, 3.63) is 66.1 Å². The number of anilines is 1. The normalized spacial score (nSPS) is 15.3. The molecule has 10 nitrogen and oxygen atoms in total. The van der Waals surface area contributed by atoms with Gasteiger partial charge in [0.25, 0.3) is 0 Å². The van der Waals surface area contributed by atoms with Gasteiger partial charge >= 0.3 is 0 Å². The molecule has 5 rings (SSSR count). The lowest BCUT2D eigenvalue weighted by atomic mass is 9.85. The number of aromatic nitrogens is 6. The largest absolute Gasteiger partial charge is 0.493 e. The number of ether oxygens (including phenoxy) is 2. The highest BCUT2D eigenvalue weighted by atomic mass is 16.5. The van der Waals surface area contributed by atoms with Crippen molar-refractivity contribution < 1.29 is 14.3 Å². The average molecular weight is 431 g/mol. The van der Waals surface area contributed by atoms with Gasteiger partial charge in [-0.05, 0) is 36.8 Å². The second-order valence-electron chi connectivity index (χ2n) is 7.40. The van der Waals surface area contributed by atoms with Gasteiger partial charge in [-0.25, -0.2) is 0 Å². The SMILES string of the molecule is C=CCOc1ccc([C@H]2CC(=O)Nc3c2c(C)nn3-c2ccc3nncn3n2)cc1OC. The van der Waals surface area contributed by atoms with Crippen molar-refractivity contribution in [2.45, 2.75) is 19.3 Å². The Morgan fingerprint density at radius 2 is 2.12 bits per heavy atom. The van der Waals surface area contributed by atoms with E-state index in [0.717, 1.165) is 16.8 Å². The van der Waals surface area contributed by atoms with E-state index in [4.69, 9.17) is 9.47 Å². The van der Waals surface area contributed by atoms with E-state index in [2.05, 4.69) is 32.3 Å². The highest BCUT2D eigenvalue weighted by Gasteiger charge is 2.33. The van der Waals surface area contributed by atoms with Gasteiger partial charge in [0.05, 0.1) is 12.8 Å². The van der Waals surface area contributed by atoms with Crippen LogP contribution in [0, 0.1) is 6.92 Å². The quantitative estimate of drug-likeness (QED) is 0.468. The summed E-state index contributed by atoms with van der Waals surface area (Å²) >= 11 is 0. The molecular weight excluding hydrogens is 410 g/mol. The fourth-order valence-corrected chi connectivity index (χ4v) is 4.00. The summed E-state index contributed by atoms with van der Waals surface area (Å²) in [5.74, 6) is 2.09. The van der Waals surface area contributed by atoms with Gasteiger partial charge in [0.1, 0.15) is 18.8 Å². The monoisotopic (exact) mass is 431 g/mol. The lowest BCUT2D eigenvalue weighted by molar-refractivity contribution is -0.116. The number of benzene rings is 1. The minimum absolute atomic E-state index is 0.0972. The van der Waals surface area contributed by atoms with E-state index in [-0.39, 0.29) is 11.8 Å². The highest BCUT2D eigenvalue weighted by Crippen LogP contribution is 2.42. The first-order chi connectivity index (χ1) is 15.6. The number of amides is 1. The van der Waals surface area contributed by atoms with Crippen molar-refractivity contribution in [1.29, 1.82) is 0 Å². The maximum absolute atomic E-state index is 12.7. The Morgan fingerprint density at radius 1 is 1.25 bits per heavy atom. The average Bonchev–Trinajstić information content (AvgIpc) is 3.40. The van der Waals surface area contributed by atoms with Crippen LogP contribution in [-0.4, -0.2) is 49.2 Å². The molecule has 1 aliphatic rings. The molecule has 10 heteroatoms. The van der Waals surface area contributed by atoms with Crippen molar-refractivity contribution in [2.24, 2.45) is 0 Å². The van der Waals surface area contributed by atoms with Gasteiger partial charge in [0.15, 0.2) is 23.0 Å². The lowest BCUT2D eigenvalue weighted by Crippen LogP contribution is -2.25. The smallest absolute Gasteiger partial charge is 0.226 e. The van der Waals surface area contributed by atoms with Crippen LogP contribution in [0.3, 0.4) is 0 Å². The van der Waals surface area contributed by atoms with Gasteiger partial charge < -0.3 is 14.8 Å². The minimum Gasteiger partial charge on any atom is -0.493 e. The fourth-order valence-electron chi connectivity index (χ4n) is 4.00. The number of hydrogen-bond donors (Lipinski definition) is 1. The van der Waals surface area contributed by atoms with Gasteiger partial charge in [-0.3, -0.25) is 4.79 Å². The first-order valence-electron chi connectivity index (χ1n) is 10.1. The molecule has 4 heterocycles. The van der Waals surface area contributed by atoms with Gasteiger partial charge in [-0.1, -0.05) is 18.7 Å². The standard InChI is InChI=1S/C22H21N7O3/c1-4-9-32-16-6-5-14(10-17(16)31-3)15-11-20(30)24-22-21(15)13(2)26-29(22)19-8-7-18-25-23-12-28(18)27-19/h4-8,10,12,15H,1,9,11H2,2-3H3,(H,24,30)/t15-/m1/s1. The third kappa shape index (κ3) is 3.25. The van der Waals surface area contributed by atoms with Crippen LogP contribution in [0.25, 0.3) is 11.5 Å². The zero-order chi connectivity index (χ0) is 22.2. The zero-order valence-electron chi connectivity index (χ0n) is 17.6. The maximum atomic E-state index is 12.7. The first kappa shape index (κ1) is 19.7. The molecule has 1 aliphatic heterocycles. The fraction of sp³-hybridized carbons (Fsp3) is 0.227. The van der Waals surface area contributed by atoms with Crippen LogP contribution >= 0.6 is 0 Å². The van der Waals surface area contributed by atoms with E-state index in [1.165, 1.54) is 6.33 Å². The molecule has 0 saturated carbocycles. The number of methoxy groups -OCH3 is 1. The molecular formula is C22H21N7O3. The number of carbonyl (C=O) groups excluding carboxylic acids is 1. The van der Waals surface area contributed by atoms with Crippen molar-refractivity contribution in [1.82, 2.24) is 29.6 Å². The predicted molar refractivity (Wildman–Crippen MR) is 116 cm³/mol. The van der Waals surface area contributed by atoms with Gasteiger partial charge in [0.2, 0.25) is 5.91 Å². The molecule has 0 aliphatic carbocycles. The van der Waals surface area contributed by atoms with Crippen LogP contribution in [0.2, 0.25) is 0 Å². The number of nitrogens with zero attached hydrogens (tertiary/aromatic N) is 6. The third-order valence-corrected chi connectivity index (χ3v) is 5.41. The number of rotatable bonds is 6. The number of nitrogens with one attached hydrogen (secondary N) is 1. The highest BCUT2D eigenvalue weighted by molar-refractivity contribution is 5.95. The van der Waals surface area contributed by atoms with E-state index in [9.17, 15) is 4.79 Å². The summed E-state index contributed by atoms with van der Waals surface area (Å²) < 4.78 is 14.4. The van der Waals surface area contributed by atoms with E-state index >= 15 is 0 Å². The Morgan fingerprint density at radius 3 is 2.94 bits per heavy atom. The Labute approximate surface area is 183 Å². The molecule has 4 aromatic rings. The number of aryl methyl sites for hydroxylation is 1.